The fourth-order valence-electron chi connectivity index (χ4n) is 1.85. The molecule has 0 bridgehead atoms. The summed E-state index contributed by atoms with van der Waals surface area (Å²) in [5.74, 6) is 0.286. The predicted octanol–water partition coefficient (Wildman–Crippen LogP) is 1.08. The van der Waals surface area contributed by atoms with Crippen LogP contribution in [-0.2, 0) is 6.42 Å². The molecular formula is C13H16ClN5O3. The van der Waals surface area contributed by atoms with Gasteiger partial charge in [0.25, 0.3) is 0 Å². The molecule has 0 saturated carbocycles. The van der Waals surface area contributed by atoms with E-state index in [1.165, 1.54) is 0 Å². The number of aliphatic hydroxyl groups excluding tert-OH is 1. The van der Waals surface area contributed by atoms with Crippen LogP contribution in [-0.4, -0.2) is 34.4 Å². The molecule has 0 aliphatic carbocycles. The minimum Gasteiger partial charge on any atom is -0.395 e. The van der Waals surface area contributed by atoms with Crippen molar-refractivity contribution in [1.29, 1.82) is 0 Å². The molecule has 5 N–H and O–H groups in total. The zero-order valence-electron chi connectivity index (χ0n) is 11.6. The topological polar surface area (TPSA) is 126 Å². The van der Waals surface area contributed by atoms with Gasteiger partial charge in [0.2, 0.25) is 0 Å². The Morgan fingerprint density at radius 2 is 2.14 bits per heavy atom. The van der Waals surface area contributed by atoms with Crippen LogP contribution in [0.5, 0.6) is 0 Å². The van der Waals surface area contributed by atoms with Crippen LogP contribution in [0.2, 0.25) is 5.02 Å². The molecule has 0 fully saturated rings. The third-order valence-corrected chi connectivity index (χ3v) is 3.06. The Morgan fingerprint density at radius 1 is 1.41 bits per heavy atom. The van der Waals surface area contributed by atoms with Crippen molar-refractivity contribution in [3.63, 3.8) is 0 Å². The zero-order chi connectivity index (χ0) is 15.9. The van der Waals surface area contributed by atoms with E-state index in [9.17, 15) is 4.79 Å². The molecule has 0 aliphatic rings. The zero-order valence-corrected chi connectivity index (χ0v) is 12.4. The molecule has 1 aromatic carbocycles. The first-order valence-corrected chi connectivity index (χ1v) is 6.95. The van der Waals surface area contributed by atoms with Crippen LogP contribution >= 0.6 is 11.6 Å². The van der Waals surface area contributed by atoms with Crippen LogP contribution in [0.3, 0.4) is 0 Å². The van der Waals surface area contributed by atoms with E-state index >= 15 is 0 Å². The Bertz CT molecular complexity index is 616. The van der Waals surface area contributed by atoms with Crippen LogP contribution in [0.1, 0.15) is 17.4 Å². The van der Waals surface area contributed by atoms with Crippen molar-refractivity contribution >= 4 is 23.6 Å². The lowest BCUT2D eigenvalue weighted by Gasteiger charge is -2.13. The number of carbonyl (C=O) groups is 1. The van der Waals surface area contributed by atoms with E-state index in [1.54, 1.807) is 12.1 Å². The highest BCUT2D eigenvalue weighted by Gasteiger charge is 2.20. The van der Waals surface area contributed by atoms with Gasteiger partial charge in [-0.15, -0.1) is 0 Å². The molecule has 0 aliphatic heterocycles. The number of nitrogens with zero attached hydrogens (tertiary/aromatic N) is 2. The Hall–Kier alpha value is -2.32. The molecule has 0 radical (unpaired) electrons. The fourth-order valence-corrected chi connectivity index (χ4v) is 1.97. The van der Waals surface area contributed by atoms with E-state index in [4.69, 9.17) is 27.0 Å². The molecular weight excluding hydrogens is 310 g/mol. The van der Waals surface area contributed by atoms with Gasteiger partial charge in [-0.05, 0) is 17.7 Å². The smallest absolute Gasteiger partial charge is 0.321 e. The van der Waals surface area contributed by atoms with Crippen LogP contribution in [0.25, 0.3) is 0 Å². The number of nitrogens with two attached hydrogens (primary N) is 1. The number of nitrogens with one attached hydrogen (secondary N) is 2. The average molecular weight is 326 g/mol. The van der Waals surface area contributed by atoms with Gasteiger partial charge in [-0.2, -0.15) is 4.98 Å². The first-order chi connectivity index (χ1) is 10.6. The summed E-state index contributed by atoms with van der Waals surface area (Å²) in [6.45, 7) is 0.220. The Labute approximate surface area is 131 Å². The summed E-state index contributed by atoms with van der Waals surface area (Å²) in [5.41, 5.74) is 6.12. The van der Waals surface area contributed by atoms with E-state index in [1.807, 2.05) is 12.1 Å². The van der Waals surface area contributed by atoms with Crippen LogP contribution < -0.4 is 16.4 Å². The number of urea groups is 1. The summed E-state index contributed by atoms with van der Waals surface area (Å²) in [5, 5.41) is 18.5. The summed E-state index contributed by atoms with van der Waals surface area (Å²) in [7, 11) is 0. The lowest BCUT2D eigenvalue weighted by atomic mass is 10.1. The lowest BCUT2D eigenvalue weighted by Crippen LogP contribution is -2.34. The van der Waals surface area contributed by atoms with E-state index in [0.29, 0.717) is 11.4 Å². The predicted molar refractivity (Wildman–Crippen MR) is 80.5 cm³/mol. The number of anilines is 1. The molecule has 2 rings (SSSR count). The summed E-state index contributed by atoms with van der Waals surface area (Å²) in [4.78, 5) is 15.3. The highest BCUT2D eigenvalue weighted by Crippen LogP contribution is 2.19. The van der Waals surface area contributed by atoms with Gasteiger partial charge in [0, 0.05) is 18.0 Å². The van der Waals surface area contributed by atoms with Gasteiger partial charge in [0.05, 0.1) is 12.6 Å². The molecule has 8 nitrogen and oxygen atoms in total. The van der Waals surface area contributed by atoms with Crippen LogP contribution in [0, 0.1) is 0 Å². The standard InChI is InChI=1S/C13H16ClN5O3/c14-9-3-1-8(2-4-9)7-10(17-12(15)21)11-18-13(22-19-11)16-5-6-20/h1-4,10,20H,5-7H2,(H3,15,17,21)(H,16,18,19). The minimum absolute atomic E-state index is 0.0640. The monoisotopic (exact) mass is 325 g/mol. The lowest BCUT2D eigenvalue weighted by molar-refractivity contribution is 0.244. The number of amides is 2. The number of rotatable bonds is 7. The number of aromatic nitrogens is 2. The van der Waals surface area contributed by atoms with Gasteiger partial charge < -0.3 is 26.0 Å². The molecule has 0 spiro atoms. The molecule has 2 aromatic rings. The van der Waals surface area contributed by atoms with Crippen molar-refractivity contribution in [2.24, 2.45) is 5.73 Å². The van der Waals surface area contributed by atoms with Gasteiger partial charge in [0.15, 0.2) is 5.82 Å². The molecule has 1 unspecified atom stereocenters. The summed E-state index contributed by atoms with van der Waals surface area (Å²) >= 11 is 5.84. The molecule has 1 aromatic heterocycles. The maximum Gasteiger partial charge on any atom is 0.321 e. The van der Waals surface area contributed by atoms with E-state index in [0.717, 1.165) is 5.56 Å². The SMILES string of the molecule is NC(=O)NC(Cc1ccc(Cl)cc1)c1noc(NCCO)n1. The second-order valence-electron chi connectivity index (χ2n) is 4.50. The number of benzene rings is 1. The van der Waals surface area contributed by atoms with Crippen molar-refractivity contribution in [3.8, 4) is 0 Å². The van der Waals surface area contributed by atoms with E-state index < -0.39 is 12.1 Å². The first kappa shape index (κ1) is 16.1. The van der Waals surface area contributed by atoms with Crippen molar-refractivity contribution in [3.05, 3.63) is 40.7 Å². The van der Waals surface area contributed by atoms with E-state index in [2.05, 4.69) is 20.8 Å². The maximum absolute atomic E-state index is 11.2. The third kappa shape index (κ3) is 4.61. The van der Waals surface area contributed by atoms with Crippen LogP contribution in [0.15, 0.2) is 28.8 Å². The molecule has 9 heteroatoms. The normalized spacial score (nSPS) is 11.9. The Balaban J connectivity index is 2.12. The molecule has 22 heavy (non-hydrogen) atoms. The first-order valence-electron chi connectivity index (χ1n) is 6.57. The van der Waals surface area contributed by atoms with Gasteiger partial charge in [0.1, 0.15) is 0 Å². The van der Waals surface area contributed by atoms with Gasteiger partial charge >= 0.3 is 12.0 Å². The minimum atomic E-state index is -0.686. The fraction of sp³-hybridized carbons (Fsp3) is 0.308. The second kappa shape index (κ2) is 7.62. The number of hydrogen-bond donors (Lipinski definition) is 4. The van der Waals surface area contributed by atoms with Crippen LogP contribution in [0.4, 0.5) is 10.8 Å². The van der Waals surface area contributed by atoms with E-state index in [-0.39, 0.29) is 25.0 Å². The van der Waals surface area contributed by atoms with Crippen molar-refractivity contribution < 1.29 is 14.4 Å². The van der Waals surface area contributed by atoms with Crippen molar-refractivity contribution in [2.45, 2.75) is 12.5 Å². The summed E-state index contributed by atoms with van der Waals surface area (Å²) in [6, 6.07) is 6.12. The highest BCUT2D eigenvalue weighted by atomic mass is 35.5. The Morgan fingerprint density at radius 3 is 2.77 bits per heavy atom. The third-order valence-electron chi connectivity index (χ3n) is 2.81. The molecule has 0 saturated heterocycles. The number of primary amides is 1. The highest BCUT2D eigenvalue weighted by molar-refractivity contribution is 6.30. The summed E-state index contributed by atoms with van der Waals surface area (Å²) in [6.07, 6.45) is 0.430. The average Bonchev–Trinajstić information content (AvgIpc) is 2.95. The maximum atomic E-state index is 11.2. The molecule has 1 heterocycles. The molecule has 118 valence electrons. The van der Waals surface area contributed by atoms with Crippen molar-refractivity contribution in [1.82, 2.24) is 15.5 Å². The largest absolute Gasteiger partial charge is 0.395 e. The molecule has 2 amide bonds. The van der Waals surface area contributed by atoms with Gasteiger partial charge in [-0.1, -0.05) is 28.9 Å². The molecule has 1 atom stereocenters. The summed E-state index contributed by atoms with van der Waals surface area (Å²) < 4.78 is 4.99. The Kier molecular flexibility index (Phi) is 5.56. The van der Waals surface area contributed by atoms with Gasteiger partial charge in [-0.25, -0.2) is 4.79 Å². The number of carbonyl (C=O) groups excluding carboxylic acids is 1. The number of halogens is 1. The van der Waals surface area contributed by atoms with Gasteiger partial charge in [-0.3, -0.25) is 0 Å². The number of aliphatic hydroxyl groups is 1. The second-order valence-corrected chi connectivity index (χ2v) is 4.94. The number of hydrogen-bond acceptors (Lipinski definition) is 6. The van der Waals surface area contributed by atoms with Crippen molar-refractivity contribution in [2.75, 3.05) is 18.5 Å². The quantitative estimate of drug-likeness (QED) is 0.603.